The van der Waals surface area contributed by atoms with Crippen LogP contribution in [0.3, 0.4) is 0 Å². The first-order valence-corrected chi connectivity index (χ1v) is 5.60. The van der Waals surface area contributed by atoms with Crippen LogP contribution in [0, 0.1) is 11.6 Å². The number of halogens is 2. The van der Waals surface area contributed by atoms with Gasteiger partial charge in [-0.05, 0) is 19.1 Å². The Morgan fingerprint density at radius 3 is 2.65 bits per heavy atom. The Hall–Kier alpha value is -2.55. The fourth-order valence-corrected chi connectivity index (χ4v) is 1.30. The zero-order valence-electron chi connectivity index (χ0n) is 10.4. The Kier molecular flexibility index (Phi) is 4.20. The molecule has 0 fully saturated rings. The Labute approximate surface area is 112 Å². The van der Waals surface area contributed by atoms with Crippen molar-refractivity contribution in [1.82, 2.24) is 15.0 Å². The lowest BCUT2D eigenvalue weighted by Gasteiger charge is -2.08. The van der Waals surface area contributed by atoms with Crippen molar-refractivity contribution < 1.29 is 18.3 Å². The van der Waals surface area contributed by atoms with E-state index in [0.29, 0.717) is 6.61 Å². The molecule has 0 saturated heterocycles. The number of hydrogen-bond donors (Lipinski definition) is 2. The number of hydrogen-bond acceptors (Lipinski definition) is 7. The van der Waals surface area contributed by atoms with Crippen LogP contribution in [-0.2, 0) is 0 Å². The van der Waals surface area contributed by atoms with E-state index in [1.54, 1.807) is 6.92 Å². The molecule has 106 valence electrons. The number of nitrogens with zero attached hydrogens (tertiary/aromatic N) is 3. The monoisotopic (exact) mass is 283 g/mol. The van der Waals surface area contributed by atoms with Gasteiger partial charge >= 0.3 is 12.0 Å². The van der Waals surface area contributed by atoms with Crippen LogP contribution in [-0.4, -0.2) is 21.6 Å². The Morgan fingerprint density at radius 2 is 1.95 bits per heavy atom. The Morgan fingerprint density at radius 1 is 1.20 bits per heavy atom. The average molecular weight is 283 g/mol. The molecule has 0 saturated carbocycles. The van der Waals surface area contributed by atoms with Crippen LogP contribution in [0.25, 0.3) is 0 Å². The summed E-state index contributed by atoms with van der Waals surface area (Å²) in [5.74, 6) is 3.38. The van der Waals surface area contributed by atoms with Crippen molar-refractivity contribution in [3.63, 3.8) is 0 Å². The maximum Gasteiger partial charge on any atom is 0.330 e. The predicted molar refractivity (Wildman–Crippen MR) is 65.2 cm³/mol. The molecule has 0 radical (unpaired) electrons. The van der Waals surface area contributed by atoms with Crippen molar-refractivity contribution >= 4 is 5.95 Å². The van der Waals surface area contributed by atoms with Gasteiger partial charge in [0.1, 0.15) is 5.82 Å². The molecule has 7 nitrogen and oxygen atoms in total. The molecule has 0 bridgehead atoms. The molecule has 0 aliphatic carbocycles. The summed E-state index contributed by atoms with van der Waals surface area (Å²) in [6.07, 6.45) is 0. The van der Waals surface area contributed by atoms with Crippen molar-refractivity contribution in [2.75, 3.05) is 12.0 Å². The highest BCUT2D eigenvalue weighted by atomic mass is 19.1. The van der Waals surface area contributed by atoms with E-state index in [-0.39, 0.29) is 23.7 Å². The molecule has 2 rings (SSSR count). The van der Waals surface area contributed by atoms with Crippen LogP contribution >= 0.6 is 0 Å². The molecule has 1 heterocycles. The summed E-state index contributed by atoms with van der Waals surface area (Å²) in [4.78, 5) is 11.3. The maximum absolute atomic E-state index is 13.5. The molecule has 0 atom stereocenters. The summed E-state index contributed by atoms with van der Waals surface area (Å²) < 4.78 is 36.6. The van der Waals surface area contributed by atoms with Gasteiger partial charge in [-0.15, -0.1) is 4.98 Å². The number of ether oxygens (including phenoxy) is 2. The number of nitrogen functional groups attached to an aromatic ring is 1. The van der Waals surface area contributed by atoms with Gasteiger partial charge < -0.3 is 9.47 Å². The molecular formula is C11H11F2N5O2. The first kappa shape index (κ1) is 13.9. The first-order valence-electron chi connectivity index (χ1n) is 5.60. The third kappa shape index (κ3) is 3.26. The molecule has 0 aliphatic heterocycles. The molecule has 0 spiro atoms. The SMILES string of the molecule is CCOc1nc(NN)nc(Oc2cc(F)ccc2F)n1. The first-order chi connectivity index (χ1) is 9.62. The lowest BCUT2D eigenvalue weighted by molar-refractivity contribution is 0.302. The number of benzene rings is 1. The lowest BCUT2D eigenvalue weighted by atomic mass is 10.3. The summed E-state index contributed by atoms with van der Waals surface area (Å²) in [6, 6.07) is 2.43. The normalized spacial score (nSPS) is 10.2. The molecule has 20 heavy (non-hydrogen) atoms. The molecular weight excluding hydrogens is 272 g/mol. The largest absolute Gasteiger partial charge is 0.464 e. The number of nitrogens with one attached hydrogen (secondary N) is 1. The minimum absolute atomic E-state index is 0.0322. The Bertz CT molecular complexity index is 611. The van der Waals surface area contributed by atoms with E-state index in [2.05, 4.69) is 20.4 Å². The summed E-state index contributed by atoms with van der Waals surface area (Å²) in [6.45, 7) is 2.04. The molecule has 0 unspecified atom stereocenters. The average Bonchev–Trinajstić information content (AvgIpc) is 2.43. The van der Waals surface area contributed by atoms with Gasteiger partial charge in [0.15, 0.2) is 11.6 Å². The van der Waals surface area contributed by atoms with E-state index in [1.807, 2.05) is 0 Å². The van der Waals surface area contributed by atoms with Gasteiger partial charge in [-0.2, -0.15) is 9.97 Å². The molecule has 1 aromatic heterocycles. The van der Waals surface area contributed by atoms with Crippen LogP contribution in [0.1, 0.15) is 6.92 Å². The maximum atomic E-state index is 13.5. The molecule has 1 aromatic carbocycles. The second-order valence-corrected chi connectivity index (χ2v) is 3.48. The number of anilines is 1. The fourth-order valence-electron chi connectivity index (χ4n) is 1.30. The quantitative estimate of drug-likeness (QED) is 0.636. The third-order valence-corrected chi connectivity index (χ3v) is 2.09. The summed E-state index contributed by atoms with van der Waals surface area (Å²) in [7, 11) is 0. The number of nitrogens with two attached hydrogens (primary N) is 1. The van der Waals surface area contributed by atoms with Crippen LogP contribution in [0.4, 0.5) is 14.7 Å². The van der Waals surface area contributed by atoms with Crippen molar-refractivity contribution in [3.8, 4) is 17.8 Å². The fraction of sp³-hybridized carbons (Fsp3) is 0.182. The van der Waals surface area contributed by atoms with E-state index in [4.69, 9.17) is 15.3 Å². The van der Waals surface area contributed by atoms with Crippen molar-refractivity contribution in [2.45, 2.75) is 6.92 Å². The minimum Gasteiger partial charge on any atom is -0.464 e. The second kappa shape index (κ2) is 6.06. The highest BCUT2D eigenvalue weighted by molar-refractivity contribution is 5.30. The van der Waals surface area contributed by atoms with Gasteiger partial charge in [0.25, 0.3) is 0 Å². The van der Waals surface area contributed by atoms with Gasteiger partial charge in [0.05, 0.1) is 6.61 Å². The minimum atomic E-state index is -0.757. The number of aromatic nitrogens is 3. The number of hydrazine groups is 1. The van der Waals surface area contributed by atoms with Gasteiger partial charge in [-0.3, -0.25) is 5.43 Å². The van der Waals surface area contributed by atoms with Crippen molar-refractivity contribution in [2.24, 2.45) is 5.84 Å². The predicted octanol–water partition coefficient (Wildman–Crippen LogP) is 1.63. The van der Waals surface area contributed by atoms with Crippen LogP contribution in [0.5, 0.6) is 17.8 Å². The summed E-state index contributed by atoms with van der Waals surface area (Å²) >= 11 is 0. The summed E-state index contributed by atoms with van der Waals surface area (Å²) in [5, 5.41) is 0. The highest BCUT2D eigenvalue weighted by Gasteiger charge is 2.12. The zero-order chi connectivity index (χ0) is 14.5. The molecule has 2 aromatic rings. The third-order valence-electron chi connectivity index (χ3n) is 2.09. The van der Waals surface area contributed by atoms with Crippen LogP contribution in [0.15, 0.2) is 18.2 Å². The molecule has 9 heteroatoms. The molecule has 0 aliphatic rings. The lowest BCUT2D eigenvalue weighted by Crippen LogP contribution is -2.13. The van der Waals surface area contributed by atoms with E-state index in [0.717, 1.165) is 18.2 Å². The summed E-state index contributed by atoms with van der Waals surface area (Å²) in [5.41, 5.74) is 2.19. The smallest absolute Gasteiger partial charge is 0.330 e. The van der Waals surface area contributed by atoms with Gasteiger partial charge in [0.2, 0.25) is 5.95 Å². The van der Waals surface area contributed by atoms with Crippen LogP contribution in [0.2, 0.25) is 0 Å². The highest BCUT2D eigenvalue weighted by Crippen LogP contribution is 2.24. The van der Waals surface area contributed by atoms with E-state index < -0.39 is 11.6 Å². The zero-order valence-corrected chi connectivity index (χ0v) is 10.4. The van der Waals surface area contributed by atoms with E-state index in [1.165, 1.54) is 0 Å². The number of rotatable bonds is 5. The van der Waals surface area contributed by atoms with Gasteiger partial charge in [-0.1, -0.05) is 0 Å². The van der Waals surface area contributed by atoms with E-state index in [9.17, 15) is 8.78 Å². The van der Waals surface area contributed by atoms with Crippen molar-refractivity contribution in [1.29, 1.82) is 0 Å². The molecule has 0 amide bonds. The van der Waals surface area contributed by atoms with Crippen molar-refractivity contribution in [3.05, 3.63) is 29.8 Å². The standard InChI is InChI=1S/C11H11F2N5O2/c1-2-19-10-15-9(18-14)16-11(17-10)20-8-5-6(12)3-4-7(8)13/h3-5H,2,14H2,1H3,(H,15,16,17,18). The Balaban J connectivity index is 2.32. The van der Waals surface area contributed by atoms with Crippen LogP contribution < -0.4 is 20.7 Å². The topological polar surface area (TPSA) is 95.2 Å². The molecule has 3 N–H and O–H groups in total. The van der Waals surface area contributed by atoms with E-state index >= 15 is 0 Å². The van der Waals surface area contributed by atoms with Gasteiger partial charge in [0, 0.05) is 6.07 Å². The van der Waals surface area contributed by atoms with Gasteiger partial charge in [-0.25, -0.2) is 14.6 Å². The second-order valence-electron chi connectivity index (χ2n) is 3.48.